The molecule has 0 aliphatic heterocycles. The Kier molecular flexibility index (Phi) is 21.7. The molecule has 0 aliphatic carbocycles. The van der Waals surface area contributed by atoms with Gasteiger partial charge in [0, 0.05) is 32.5 Å². The van der Waals surface area contributed by atoms with Crippen LogP contribution in [0.2, 0.25) is 0 Å². The third-order valence-corrected chi connectivity index (χ3v) is 6.44. The van der Waals surface area contributed by atoms with E-state index in [4.69, 9.17) is 14.2 Å². The summed E-state index contributed by atoms with van der Waals surface area (Å²) in [6, 6.07) is 0. The van der Waals surface area contributed by atoms with Crippen molar-refractivity contribution in [2.45, 2.75) is 124 Å². The first-order valence-electron chi connectivity index (χ1n) is 14.0. The molecule has 0 N–H and O–H groups in total. The fourth-order valence-electron chi connectivity index (χ4n) is 4.53. The molecule has 0 rings (SSSR count). The summed E-state index contributed by atoms with van der Waals surface area (Å²) in [6.07, 6.45) is 14.4. The average molecular weight is 473 g/mol. The number of nitrogens with zero attached hydrogens (tertiary/aromatic N) is 1. The predicted molar refractivity (Wildman–Crippen MR) is 140 cm³/mol. The molecule has 3 atom stereocenters. The molecule has 0 aromatic rings. The van der Waals surface area contributed by atoms with Gasteiger partial charge in [-0.15, -0.1) is 0 Å². The van der Waals surface area contributed by atoms with Gasteiger partial charge in [-0.05, 0) is 34.1 Å². The Labute approximate surface area is 206 Å². The van der Waals surface area contributed by atoms with E-state index in [2.05, 4.69) is 20.9 Å². The van der Waals surface area contributed by atoms with Crippen LogP contribution in [-0.4, -0.2) is 75.6 Å². The van der Waals surface area contributed by atoms with Crippen molar-refractivity contribution >= 4 is 5.78 Å². The molecule has 0 saturated heterocycles. The zero-order valence-electron chi connectivity index (χ0n) is 23.2. The van der Waals surface area contributed by atoms with Crippen LogP contribution in [0.25, 0.3) is 0 Å². The van der Waals surface area contributed by atoms with Crippen LogP contribution in [0.4, 0.5) is 0 Å². The van der Waals surface area contributed by atoms with Gasteiger partial charge in [-0.1, -0.05) is 58.3 Å². The molecule has 0 aliphatic rings. The molecule has 0 aromatic carbocycles. The number of carbonyl (C=O) groups excluding carboxylic acids is 1. The van der Waals surface area contributed by atoms with E-state index in [1.807, 2.05) is 20.8 Å². The molecule has 0 amide bonds. The molecule has 0 heterocycles. The summed E-state index contributed by atoms with van der Waals surface area (Å²) < 4.78 is 18.1. The molecule has 0 radical (unpaired) electrons. The third-order valence-electron chi connectivity index (χ3n) is 6.44. The summed E-state index contributed by atoms with van der Waals surface area (Å²) in [4.78, 5) is 12.4. The number of rotatable bonds is 25. The van der Waals surface area contributed by atoms with Crippen molar-refractivity contribution in [3.05, 3.63) is 0 Å². The second-order valence-corrected chi connectivity index (χ2v) is 10.1. The fraction of sp³-hybridized carbons (Fsp3) is 0.964. The Morgan fingerprint density at radius 2 is 1.27 bits per heavy atom. The Hall–Kier alpha value is -0.490. The first kappa shape index (κ1) is 32.5. The van der Waals surface area contributed by atoms with Crippen LogP contribution in [0.15, 0.2) is 0 Å². The molecule has 0 spiro atoms. The molecule has 3 unspecified atom stereocenters. The first-order chi connectivity index (χ1) is 15.9. The quantitative estimate of drug-likeness (QED) is 0.111. The van der Waals surface area contributed by atoms with E-state index in [0.29, 0.717) is 25.4 Å². The number of ether oxygens (including phenoxy) is 3. The second-order valence-electron chi connectivity index (χ2n) is 10.1. The number of unbranched alkanes of at least 4 members (excludes halogenated alkanes) is 8. The van der Waals surface area contributed by atoms with E-state index >= 15 is 0 Å². The van der Waals surface area contributed by atoms with Gasteiger partial charge in [0.15, 0.2) is 0 Å². The smallest absolute Gasteiger partial charge is 0.133 e. The highest BCUT2D eigenvalue weighted by molar-refractivity contribution is 5.78. The summed E-state index contributed by atoms with van der Waals surface area (Å²) in [5.41, 5.74) is 0. The molecule has 0 bridgehead atoms. The number of Topliss-reactive ketones (excluding diaryl/α,β-unsaturated/α-hetero) is 1. The van der Waals surface area contributed by atoms with Gasteiger partial charge in [0.2, 0.25) is 0 Å². The molecular weight excluding hydrogens is 414 g/mol. The van der Waals surface area contributed by atoms with Gasteiger partial charge in [0.25, 0.3) is 0 Å². The molecule has 5 heteroatoms. The Bertz CT molecular complexity index is 446. The van der Waals surface area contributed by atoms with Crippen LogP contribution in [0, 0.1) is 0 Å². The number of hydrogen-bond donors (Lipinski definition) is 0. The highest BCUT2D eigenvalue weighted by Crippen LogP contribution is 2.13. The summed E-state index contributed by atoms with van der Waals surface area (Å²) in [7, 11) is 2.27. The van der Waals surface area contributed by atoms with Gasteiger partial charge >= 0.3 is 0 Å². The van der Waals surface area contributed by atoms with E-state index in [1.54, 1.807) is 0 Å². The lowest BCUT2D eigenvalue weighted by Crippen LogP contribution is -2.51. The normalized spacial score (nSPS) is 15.3. The number of quaternary nitrogens is 1. The number of likely N-dealkylation sites (N-methyl/N-ethyl adjacent to an activating group) is 1. The molecule has 33 heavy (non-hydrogen) atoms. The highest BCUT2D eigenvalue weighted by Gasteiger charge is 2.25. The summed E-state index contributed by atoms with van der Waals surface area (Å²) in [6.45, 7) is 16.2. The SMILES string of the molecule is CCCCCCCCCCCC(=O)CCC[N+](C)(CCOCC(C)OCC)CC(C)OCC. The van der Waals surface area contributed by atoms with E-state index < -0.39 is 0 Å². The van der Waals surface area contributed by atoms with Gasteiger partial charge < -0.3 is 18.7 Å². The van der Waals surface area contributed by atoms with E-state index in [-0.39, 0.29) is 12.2 Å². The van der Waals surface area contributed by atoms with Gasteiger partial charge in [0.05, 0.1) is 32.9 Å². The minimum Gasteiger partial charge on any atom is -0.376 e. The Morgan fingerprint density at radius 3 is 1.88 bits per heavy atom. The van der Waals surface area contributed by atoms with Crippen molar-refractivity contribution in [3.8, 4) is 0 Å². The van der Waals surface area contributed by atoms with Crippen molar-refractivity contribution in [1.82, 2.24) is 0 Å². The van der Waals surface area contributed by atoms with Crippen LogP contribution < -0.4 is 0 Å². The van der Waals surface area contributed by atoms with Crippen LogP contribution in [-0.2, 0) is 19.0 Å². The largest absolute Gasteiger partial charge is 0.376 e. The lowest BCUT2D eigenvalue weighted by Gasteiger charge is -2.36. The number of carbonyl (C=O) groups is 1. The van der Waals surface area contributed by atoms with Crippen LogP contribution in [0.3, 0.4) is 0 Å². The first-order valence-corrected chi connectivity index (χ1v) is 14.0. The standard InChI is InChI=1S/C28H58NO4/c1-7-10-11-12-13-14-15-16-17-19-28(30)20-18-21-29(6,24-26(4)32-8-2)22-23-31-25-27(5)33-9-3/h26-27H,7-25H2,1-6H3/q+1. The lowest BCUT2D eigenvalue weighted by atomic mass is 10.0. The minimum absolute atomic E-state index is 0.134. The summed E-state index contributed by atoms with van der Waals surface area (Å²) in [5, 5.41) is 0. The summed E-state index contributed by atoms with van der Waals surface area (Å²) in [5.74, 6) is 0.434. The predicted octanol–water partition coefficient (Wildman–Crippen LogP) is 6.57. The van der Waals surface area contributed by atoms with Crippen LogP contribution in [0.5, 0.6) is 0 Å². The second kappa shape index (κ2) is 22.0. The highest BCUT2D eigenvalue weighted by atomic mass is 16.5. The summed E-state index contributed by atoms with van der Waals surface area (Å²) >= 11 is 0. The topological polar surface area (TPSA) is 44.8 Å². The van der Waals surface area contributed by atoms with Gasteiger partial charge in [-0.25, -0.2) is 0 Å². The molecule has 0 saturated carbocycles. The zero-order chi connectivity index (χ0) is 24.8. The third kappa shape index (κ3) is 20.6. The fourth-order valence-corrected chi connectivity index (χ4v) is 4.53. The van der Waals surface area contributed by atoms with Crippen LogP contribution in [0.1, 0.15) is 112 Å². The molecule has 0 fully saturated rings. The minimum atomic E-state index is 0.134. The maximum absolute atomic E-state index is 12.4. The zero-order valence-corrected chi connectivity index (χ0v) is 23.2. The molecular formula is C28H58NO4+. The van der Waals surface area contributed by atoms with Crippen molar-refractivity contribution in [1.29, 1.82) is 0 Å². The average Bonchev–Trinajstić information content (AvgIpc) is 2.76. The number of hydrogen-bond acceptors (Lipinski definition) is 4. The van der Waals surface area contributed by atoms with Gasteiger partial charge in [-0.3, -0.25) is 4.79 Å². The van der Waals surface area contributed by atoms with Crippen molar-refractivity contribution < 1.29 is 23.5 Å². The van der Waals surface area contributed by atoms with Crippen molar-refractivity contribution in [2.75, 3.05) is 53.1 Å². The van der Waals surface area contributed by atoms with Crippen molar-refractivity contribution in [3.63, 3.8) is 0 Å². The molecule has 5 nitrogen and oxygen atoms in total. The maximum Gasteiger partial charge on any atom is 0.133 e. The molecule has 0 aromatic heterocycles. The van der Waals surface area contributed by atoms with E-state index in [0.717, 1.165) is 56.6 Å². The maximum atomic E-state index is 12.4. The van der Waals surface area contributed by atoms with Crippen LogP contribution >= 0.6 is 0 Å². The molecule has 198 valence electrons. The Morgan fingerprint density at radius 1 is 0.727 bits per heavy atom. The van der Waals surface area contributed by atoms with Crippen molar-refractivity contribution in [2.24, 2.45) is 0 Å². The monoisotopic (exact) mass is 472 g/mol. The number of ketones is 1. The van der Waals surface area contributed by atoms with Gasteiger partial charge in [0.1, 0.15) is 25.0 Å². The lowest BCUT2D eigenvalue weighted by molar-refractivity contribution is -0.912. The van der Waals surface area contributed by atoms with Gasteiger partial charge in [-0.2, -0.15) is 0 Å². The Balaban J connectivity index is 4.14. The van der Waals surface area contributed by atoms with E-state index in [9.17, 15) is 4.79 Å². The van der Waals surface area contributed by atoms with E-state index in [1.165, 1.54) is 51.4 Å².